The van der Waals surface area contributed by atoms with Gasteiger partial charge in [-0.05, 0) is 70.4 Å². The highest BCUT2D eigenvalue weighted by Crippen LogP contribution is 2.40. The summed E-state index contributed by atoms with van der Waals surface area (Å²) in [5.74, 6) is 2.50. The molecule has 0 atom stereocenters. The highest BCUT2D eigenvalue weighted by atomic mass is 16.5. The largest absolute Gasteiger partial charge is 0.507 e. The van der Waals surface area contributed by atoms with Gasteiger partial charge in [-0.2, -0.15) is 0 Å². The summed E-state index contributed by atoms with van der Waals surface area (Å²) in [6.07, 6.45) is 8.87. The molecule has 0 amide bonds. The maximum atomic E-state index is 11.3. The number of ether oxygens (including phenoxy) is 2. The molecule has 1 aromatic heterocycles. The number of hydrogen-bond donors (Lipinski definition) is 2. The molecule has 0 aliphatic carbocycles. The number of aromatic hydroxyl groups is 2. The molecule has 0 fully saturated rings. The smallest absolute Gasteiger partial charge is 0.167 e. The van der Waals surface area contributed by atoms with Crippen LogP contribution in [-0.2, 0) is 0 Å². The molecule has 0 saturated heterocycles. The standard InChI is InChI=1S/C37H47N3O4/c1-7-9-11-13-21-43-31-19-17-29(33(41)26(31)5)36-38-35(28-16-15-24(3)23-25(28)4)39-37(40-36)30-18-20-32(27(6)34(30)42)44-22-14-12-10-8-2/h15-20,23,41-42H,7-14,21-22H2,1-6H3. The van der Waals surface area contributed by atoms with Crippen LogP contribution in [0, 0.1) is 27.7 Å². The fourth-order valence-corrected chi connectivity index (χ4v) is 5.26. The van der Waals surface area contributed by atoms with Gasteiger partial charge in [-0.15, -0.1) is 0 Å². The zero-order valence-electron chi connectivity index (χ0n) is 27.2. The number of hydrogen-bond acceptors (Lipinski definition) is 7. The minimum Gasteiger partial charge on any atom is -0.507 e. The summed E-state index contributed by atoms with van der Waals surface area (Å²) in [5.41, 5.74) is 5.22. The van der Waals surface area contributed by atoms with E-state index in [4.69, 9.17) is 24.4 Å². The van der Waals surface area contributed by atoms with Crippen molar-refractivity contribution < 1.29 is 19.7 Å². The molecule has 4 rings (SSSR count). The highest BCUT2D eigenvalue weighted by molar-refractivity contribution is 5.75. The fraction of sp³-hybridized carbons (Fsp3) is 0.432. The van der Waals surface area contributed by atoms with Crippen LogP contribution in [0.15, 0.2) is 42.5 Å². The third-order valence-corrected chi connectivity index (χ3v) is 8.01. The lowest BCUT2D eigenvalue weighted by Crippen LogP contribution is -2.04. The Kier molecular flexibility index (Phi) is 11.6. The van der Waals surface area contributed by atoms with Crippen molar-refractivity contribution in [2.24, 2.45) is 0 Å². The highest BCUT2D eigenvalue weighted by Gasteiger charge is 2.21. The van der Waals surface area contributed by atoms with Crippen LogP contribution in [0.5, 0.6) is 23.0 Å². The molecule has 0 aliphatic heterocycles. The summed E-state index contributed by atoms with van der Waals surface area (Å²) in [5, 5.41) is 22.6. The number of aryl methyl sites for hydroxylation is 2. The maximum Gasteiger partial charge on any atom is 0.167 e. The van der Waals surface area contributed by atoms with Crippen LogP contribution < -0.4 is 9.47 Å². The molecule has 7 nitrogen and oxygen atoms in total. The van der Waals surface area contributed by atoms with Gasteiger partial charge >= 0.3 is 0 Å². The SMILES string of the molecule is CCCCCCOc1ccc(-c2nc(-c3ccc(C)cc3C)nc(-c3ccc(OCCCCCC)c(C)c3O)n2)c(O)c1C. The number of nitrogens with zero attached hydrogens (tertiary/aromatic N) is 3. The molecule has 2 N–H and O–H groups in total. The Balaban J connectivity index is 1.74. The van der Waals surface area contributed by atoms with E-state index in [2.05, 4.69) is 19.9 Å². The number of benzene rings is 3. The lowest BCUT2D eigenvalue weighted by Gasteiger charge is -2.16. The zero-order chi connectivity index (χ0) is 31.6. The van der Waals surface area contributed by atoms with Crippen LogP contribution in [0.25, 0.3) is 34.2 Å². The van der Waals surface area contributed by atoms with Gasteiger partial charge < -0.3 is 19.7 Å². The normalized spacial score (nSPS) is 11.1. The Bertz CT molecular complexity index is 1480. The van der Waals surface area contributed by atoms with E-state index in [9.17, 15) is 10.2 Å². The van der Waals surface area contributed by atoms with Crippen LogP contribution in [0.1, 0.15) is 87.5 Å². The molecule has 3 aromatic carbocycles. The van der Waals surface area contributed by atoms with E-state index in [0.29, 0.717) is 64.4 Å². The average molecular weight is 598 g/mol. The van der Waals surface area contributed by atoms with Gasteiger partial charge in [0.25, 0.3) is 0 Å². The predicted octanol–water partition coefficient (Wildman–Crippen LogP) is 9.44. The van der Waals surface area contributed by atoms with Crippen molar-refractivity contribution in [2.75, 3.05) is 13.2 Å². The minimum absolute atomic E-state index is 0.0620. The van der Waals surface area contributed by atoms with E-state index in [1.807, 2.05) is 52.0 Å². The van der Waals surface area contributed by atoms with Gasteiger partial charge in [-0.25, -0.2) is 15.0 Å². The molecule has 0 bridgehead atoms. The minimum atomic E-state index is 0.0620. The van der Waals surface area contributed by atoms with E-state index in [-0.39, 0.29) is 11.5 Å². The summed E-state index contributed by atoms with van der Waals surface area (Å²) >= 11 is 0. The van der Waals surface area contributed by atoms with Crippen molar-refractivity contribution in [3.05, 3.63) is 64.7 Å². The molecule has 0 radical (unpaired) electrons. The number of rotatable bonds is 15. The van der Waals surface area contributed by atoms with E-state index < -0.39 is 0 Å². The zero-order valence-corrected chi connectivity index (χ0v) is 27.2. The van der Waals surface area contributed by atoms with Gasteiger partial charge in [-0.1, -0.05) is 76.1 Å². The van der Waals surface area contributed by atoms with Crippen LogP contribution >= 0.6 is 0 Å². The molecule has 0 aliphatic rings. The van der Waals surface area contributed by atoms with E-state index in [1.54, 1.807) is 12.1 Å². The van der Waals surface area contributed by atoms with Crippen LogP contribution in [0.2, 0.25) is 0 Å². The molecule has 0 spiro atoms. The monoisotopic (exact) mass is 597 g/mol. The fourth-order valence-electron chi connectivity index (χ4n) is 5.26. The molecule has 4 aromatic rings. The number of unbranched alkanes of at least 4 members (excludes halogenated alkanes) is 6. The number of phenolic OH excluding ortho intramolecular Hbond substituents is 2. The van der Waals surface area contributed by atoms with Gasteiger partial charge in [0, 0.05) is 16.7 Å². The summed E-state index contributed by atoms with van der Waals surface area (Å²) in [7, 11) is 0. The van der Waals surface area contributed by atoms with Crippen molar-refractivity contribution >= 4 is 0 Å². The first-order valence-corrected chi connectivity index (χ1v) is 16.0. The molecule has 234 valence electrons. The second kappa shape index (κ2) is 15.6. The summed E-state index contributed by atoms with van der Waals surface area (Å²) < 4.78 is 12.0. The first-order chi connectivity index (χ1) is 21.2. The Morgan fingerprint density at radius 3 is 1.41 bits per heavy atom. The molecule has 44 heavy (non-hydrogen) atoms. The molecule has 1 heterocycles. The van der Waals surface area contributed by atoms with Crippen LogP contribution in [0.3, 0.4) is 0 Å². The quantitative estimate of drug-likeness (QED) is 0.132. The van der Waals surface area contributed by atoms with Gasteiger partial charge in [0.1, 0.15) is 23.0 Å². The van der Waals surface area contributed by atoms with Crippen molar-refractivity contribution in [3.63, 3.8) is 0 Å². The third kappa shape index (κ3) is 7.87. The third-order valence-electron chi connectivity index (χ3n) is 8.01. The van der Waals surface area contributed by atoms with Gasteiger partial charge in [0.15, 0.2) is 17.5 Å². The average Bonchev–Trinajstić information content (AvgIpc) is 3.01. The van der Waals surface area contributed by atoms with Crippen LogP contribution in [-0.4, -0.2) is 38.4 Å². The van der Waals surface area contributed by atoms with Crippen molar-refractivity contribution in [1.29, 1.82) is 0 Å². The van der Waals surface area contributed by atoms with E-state index >= 15 is 0 Å². The Hall–Kier alpha value is -4.13. The first kappa shape index (κ1) is 32.8. The lowest BCUT2D eigenvalue weighted by molar-refractivity contribution is 0.301. The molecular weight excluding hydrogens is 550 g/mol. The molecular formula is C37H47N3O4. The van der Waals surface area contributed by atoms with Crippen molar-refractivity contribution in [1.82, 2.24) is 15.0 Å². The molecule has 0 unspecified atom stereocenters. The van der Waals surface area contributed by atoms with Gasteiger partial charge in [0.2, 0.25) is 0 Å². The Morgan fingerprint density at radius 1 is 0.545 bits per heavy atom. The summed E-state index contributed by atoms with van der Waals surface area (Å²) in [4.78, 5) is 14.4. The van der Waals surface area contributed by atoms with Crippen molar-refractivity contribution in [3.8, 4) is 57.2 Å². The Morgan fingerprint density at radius 2 is 0.977 bits per heavy atom. The Labute approximate surface area is 262 Å². The van der Waals surface area contributed by atoms with E-state index in [0.717, 1.165) is 42.4 Å². The number of aromatic nitrogens is 3. The van der Waals surface area contributed by atoms with Crippen molar-refractivity contribution in [2.45, 2.75) is 92.9 Å². The van der Waals surface area contributed by atoms with Gasteiger partial charge in [-0.3, -0.25) is 0 Å². The second-order valence-corrected chi connectivity index (χ2v) is 11.6. The summed E-state index contributed by atoms with van der Waals surface area (Å²) in [6, 6.07) is 13.4. The summed E-state index contributed by atoms with van der Waals surface area (Å²) in [6.45, 7) is 13.3. The lowest BCUT2D eigenvalue weighted by atomic mass is 10.0. The molecule has 0 saturated carbocycles. The maximum absolute atomic E-state index is 11.3. The van der Waals surface area contributed by atoms with Crippen LogP contribution in [0.4, 0.5) is 0 Å². The van der Waals surface area contributed by atoms with Gasteiger partial charge in [0.05, 0.1) is 24.3 Å². The predicted molar refractivity (Wildman–Crippen MR) is 178 cm³/mol. The number of phenols is 2. The first-order valence-electron chi connectivity index (χ1n) is 16.0. The second-order valence-electron chi connectivity index (χ2n) is 11.6. The topological polar surface area (TPSA) is 97.6 Å². The molecule has 7 heteroatoms. The van der Waals surface area contributed by atoms with E-state index in [1.165, 1.54) is 25.7 Å².